The van der Waals surface area contributed by atoms with Crippen molar-refractivity contribution in [2.24, 2.45) is 5.73 Å². The second-order valence-electron chi connectivity index (χ2n) is 7.07. The Bertz CT molecular complexity index is 856. The van der Waals surface area contributed by atoms with Gasteiger partial charge in [-0.1, -0.05) is 6.42 Å². The molecule has 3 N–H and O–H groups in total. The lowest BCUT2D eigenvalue weighted by Gasteiger charge is -2.23. The van der Waals surface area contributed by atoms with Gasteiger partial charge in [0.05, 0.1) is 10.3 Å². The SMILES string of the molecule is Cc1c(C(=O)NC(C)(C)CN)sc2nc3n(c(=O)c12)CCCCC3.Cl. The first kappa shape index (κ1) is 19.9. The molecule has 0 saturated carbocycles. The summed E-state index contributed by atoms with van der Waals surface area (Å²) in [6, 6.07) is 0. The highest BCUT2D eigenvalue weighted by molar-refractivity contribution is 7.20. The number of halogens is 1. The van der Waals surface area contributed by atoms with Crippen molar-refractivity contribution in [3.8, 4) is 0 Å². The average Bonchev–Trinajstić information content (AvgIpc) is 2.71. The molecular weight excluding hydrogens is 360 g/mol. The van der Waals surface area contributed by atoms with Gasteiger partial charge in [0.25, 0.3) is 11.5 Å². The average molecular weight is 385 g/mol. The third-order valence-electron chi connectivity index (χ3n) is 4.58. The summed E-state index contributed by atoms with van der Waals surface area (Å²) in [4.78, 5) is 31.4. The van der Waals surface area contributed by atoms with Gasteiger partial charge in [-0.05, 0) is 39.2 Å². The van der Waals surface area contributed by atoms with E-state index in [1.165, 1.54) is 11.3 Å². The zero-order valence-corrected chi connectivity index (χ0v) is 16.5. The highest BCUT2D eigenvalue weighted by Crippen LogP contribution is 2.28. The number of aromatic nitrogens is 2. The smallest absolute Gasteiger partial charge is 0.262 e. The van der Waals surface area contributed by atoms with Gasteiger partial charge in [-0.3, -0.25) is 14.2 Å². The second kappa shape index (κ2) is 7.43. The molecule has 0 unspecified atom stereocenters. The monoisotopic (exact) mass is 384 g/mol. The van der Waals surface area contributed by atoms with Crippen LogP contribution in [0.2, 0.25) is 0 Å². The van der Waals surface area contributed by atoms with Crippen molar-refractivity contribution in [3.05, 3.63) is 26.6 Å². The van der Waals surface area contributed by atoms with E-state index in [4.69, 9.17) is 10.7 Å². The number of thiophene rings is 1. The third-order valence-corrected chi connectivity index (χ3v) is 5.76. The number of nitrogens with two attached hydrogens (primary N) is 1. The maximum absolute atomic E-state index is 12.9. The molecule has 0 aliphatic carbocycles. The Labute approximate surface area is 157 Å². The fraction of sp³-hybridized carbons (Fsp3) is 0.588. The Morgan fingerprint density at radius 1 is 1.36 bits per heavy atom. The quantitative estimate of drug-likeness (QED) is 0.850. The van der Waals surface area contributed by atoms with Gasteiger partial charge in [0.1, 0.15) is 10.7 Å². The number of carbonyl (C=O) groups excluding carboxylic acids is 1. The first-order valence-corrected chi connectivity index (χ1v) is 9.21. The molecule has 6 nitrogen and oxygen atoms in total. The van der Waals surface area contributed by atoms with E-state index in [0.29, 0.717) is 28.2 Å². The van der Waals surface area contributed by atoms with E-state index < -0.39 is 5.54 Å². The van der Waals surface area contributed by atoms with Gasteiger partial charge >= 0.3 is 0 Å². The van der Waals surface area contributed by atoms with E-state index in [1.807, 2.05) is 20.8 Å². The summed E-state index contributed by atoms with van der Waals surface area (Å²) in [6.07, 6.45) is 4.00. The molecular formula is C17H25ClN4O2S. The normalized spacial score (nSPS) is 14.6. The Balaban J connectivity index is 0.00000225. The zero-order chi connectivity index (χ0) is 17.5. The summed E-state index contributed by atoms with van der Waals surface area (Å²) in [5.41, 5.74) is 5.91. The summed E-state index contributed by atoms with van der Waals surface area (Å²) in [5.74, 6) is 0.658. The van der Waals surface area contributed by atoms with Crippen LogP contribution in [0.1, 0.15) is 54.2 Å². The number of aryl methyl sites for hydroxylation is 2. The highest BCUT2D eigenvalue weighted by Gasteiger charge is 2.25. The fourth-order valence-electron chi connectivity index (χ4n) is 3.04. The van der Waals surface area contributed by atoms with Crippen LogP contribution in [0.25, 0.3) is 10.2 Å². The summed E-state index contributed by atoms with van der Waals surface area (Å²) in [7, 11) is 0. The van der Waals surface area contributed by atoms with Crippen LogP contribution in [0.4, 0.5) is 0 Å². The lowest BCUT2D eigenvalue weighted by molar-refractivity contribution is 0.0919. The van der Waals surface area contributed by atoms with E-state index in [-0.39, 0.29) is 23.9 Å². The van der Waals surface area contributed by atoms with Crippen LogP contribution in [-0.4, -0.2) is 27.5 Å². The molecule has 2 aromatic rings. The van der Waals surface area contributed by atoms with Crippen LogP contribution in [-0.2, 0) is 13.0 Å². The van der Waals surface area contributed by atoms with Gasteiger partial charge in [0, 0.05) is 25.0 Å². The molecule has 2 aromatic heterocycles. The number of fused-ring (bicyclic) bond motifs is 2. The third kappa shape index (κ3) is 3.73. The number of hydrogen-bond donors (Lipinski definition) is 2. The summed E-state index contributed by atoms with van der Waals surface area (Å²) in [5, 5.41) is 3.52. The van der Waals surface area contributed by atoms with Crippen LogP contribution in [0.15, 0.2) is 4.79 Å². The molecule has 1 amide bonds. The summed E-state index contributed by atoms with van der Waals surface area (Å²) in [6.45, 7) is 6.65. The first-order valence-electron chi connectivity index (χ1n) is 8.39. The minimum Gasteiger partial charge on any atom is -0.345 e. The Morgan fingerprint density at radius 3 is 2.76 bits per heavy atom. The van der Waals surface area contributed by atoms with E-state index >= 15 is 0 Å². The van der Waals surface area contributed by atoms with Crippen molar-refractivity contribution in [3.63, 3.8) is 0 Å². The minimum absolute atomic E-state index is 0. The standard InChI is InChI=1S/C17H24N4O2S.ClH/c1-10-12-15(24-13(10)14(22)20-17(2,3)9-18)19-11-7-5-4-6-8-21(11)16(12)23;/h4-9,18H2,1-3H3,(H,20,22);1H. The molecule has 1 aliphatic rings. The van der Waals surface area contributed by atoms with E-state index in [9.17, 15) is 9.59 Å². The molecule has 0 bridgehead atoms. The van der Waals surface area contributed by atoms with E-state index in [0.717, 1.165) is 37.1 Å². The van der Waals surface area contributed by atoms with Crippen molar-refractivity contribution in [2.45, 2.75) is 58.5 Å². The number of rotatable bonds is 3. The van der Waals surface area contributed by atoms with Gasteiger partial charge in [-0.15, -0.1) is 23.7 Å². The molecule has 1 aliphatic heterocycles. The second-order valence-corrected chi connectivity index (χ2v) is 8.07. The summed E-state index contributed by atoms with van der Waals surface area (Å²) < 4.78 is 1.79. The molecule has 0 atom stereocenters. The Morgan fingerprint density at radius 2 is 2.08 bits per heavy atom. The van der Waals surface area contributed by atoms with Crippen LogP contribution in [0.3, 0.4) is 0 Å². The molecule has 3 heterocycles. The molecule has 8 heteroatoms. The van der Waals surface area contributed by atoms with Gasteiger partial charge < -0.3 is 11.1 Å². The van der Waals surface area contributed by atoms with Crippen molar-refractivity contribution < 1.29 is 4.79 Å². The molecule has 25 heavy (non-hydrogen) atoms. The molecule has 0 saturated heterocycles. The van der Waals surface area contributed by atoms with Gasteiger partial charge in [0.2, 0.25) is 0 Å². The largest absolute Gasteiger partial charge is 0.345 e. The molecule has 0 aromatic carbocycles. The van der Waals surface area contributed by atoms with E-state index in [2.05, 4.69) is 5.32 Å². The summed E-state index contributed by atoms with van der Waals surface area (Å²) >= 11 is 1.30. The maximum Gasteiger partial charge on any atom is 0.262 e. The van der Waals surface area contributed by atoms with Gasteiger partial charge in [-0.2, -0.15) is 0 Å². The topological polar surface area (TPSA) is 90.0 Å². The van der Waals surface area contributed by atoms with Crippen LogP contribution < -0.4 is 16.6 Å². The molecule has 0 fully saturated rings. The van der Waals surface area contributed by atoms with Crippen molar-refractivity contribution in [2.75, 3.05) is 6.54 Å². The van der Waals surface area contributed by atoms with Crippen molar-refractivity contribution >= 4 is 39.9 Å². The van der Waals surface area contributed by atoms with Crippen LogP contribution in [0.5, 0.6) is 0 Å². The molecule has 3 rings (SSSR count). The lowest BCUT2D eigenvalue weighted by atomic mass is 10.1. The number of nitrogens with one attached hydrogen (secondary N) is 1. The zero-order valence-electron chi connectivity index (χ0n) is 14.8. The number of amides is 1. The number of nitrogens with zero attached hydrogens (tertiary/aromatic N) is 2. The predicted octanol–water partition coefficient (Wildman–Crippen LogP) is 2.38. The van der Waals surface area contributed by atoms with Crippen molar-refractivity contribution in [1.29, 1.82) is 0 Å². The van der Waals surface area contributed by atoms with Gasteiger partial charge in [-0.25, -0.2) is 4.98 Å². The van der Waals surface area contributed by atoms with Gasteiger partial charge in [0.15, 0.2) is 0 Å². The van der Waals surface area contributed by atoms with Crippen molar-refractivity contribution in [1.82, 2.24) is 14.9 Å². The number of carbonyl (C=O) groups is 1. The first-order chi connectivity index (χ1) is 11.3. The highest BCUT2D eigenvalue weighted by atomic mass is 35.5. The fourth-order valence-corrected chi connectivity index (χ4v) is 4.13. The molecule has 0 radical (unpaired) electrons. The van der Waals surface area contributed by atoms with E-state index in [1.54, 1.807) is 4.57 Å². The predicted molar refractivity (Wildman–Crippen MR) is 104 cm³/mol. The number of hydrogen-bond acceptors (Lipinski definition) is 5. The van der Waals surface area contributed by atoms with Crippen LogP contribution >= 0.6 is 23.7 Å². The Hall–Kier alpha value is -1.44. The maximum atomic E-state index is 12.9. The molecule has 0 spiro atoms. The van der Waals surface area contributed by atoms with Crippen LogP contribution in [0, 0.1) is 6.92 Å². The molecule has 138 valence electrons. The minimum atomic E-state index is -0.487. The Kier molecular flexibility index (Phi) is 5.91. The lowest BCUT2D eigenvalue weighted by Crippen LogP contribution is -2.48.